The van der Waals surface area contributed by atoms with E-state index in [1.165, 1.54) is 23.0 Å². The van der Waals surface area contributed by atoms with E-state index < -0.39 is 34.8 Å². The number of hydrogen-bond donors (Lipinski definition) is 4. The second kappa shape index (κ2) is 7.96. The van der Waals surface area contributed by atoms with E-state index in [0.717, 1.165) is 6.20 Å². The first kappa shape index (κ1) is 22.9. The lowest BCUT2D eigenvalue weighted by Gasteiger charge is -2.20. The first-order valence-corrected chi connectivity index (χ1v) is 11.4. The fourth-order valence-electron chi connectivity index (χ4n) is 4.71. The van der Waals surface area contributed by atoms with Crippen LogP contribution in [-0.2, 0) is 11.0 Å². The van der Waals surface area contributed by atoms with Crippen molar-refractivity contribution in [1.82, 2.24) is 24.6 Å². The highest BCUT2D eigenvalue weighted by atomic mass is 19.4. The van der Waals surface area contributed by atoms with Crippen molar-refractivity contribution in [3.63, 3.8) is 0 Å². The van der Waals surface area contributed by atoms with Crippen LogP contribution >= 0.6 is 0 Å². The molecule has 0 radical (unpaired) electrons. The summed E-state index contributed by atoms with van der Waals surface area (Å²) in [4.78, 5) is 20.6. The smallest absolute Gasteiger partial charge is 0.396 e. The maximum Gasteiger partial charge on any atom is 0.419 e. The van der Waals surface area contributed by atoms with Gasteiger partial charge in [-0.1, -0.05) is 0 Å². The molecule has 0 bridgehead atoms. The minimum atomic E-state index is -5.08. The number of aromatic amines is 1. The Morgan fingerprint density at radius 1 is 1.28 bits per heavy atom. The molecule has 3 atom stereocenters. The highest BCUT2D eigenvalue weighted by Gasteiger charge is 2.44. The van der Waals surface area contributed by atoms with Crippen LogP contribution in [0.1, 0.15) is 36.5 Å². The summed E-state index contributed by atoms with van der Waals surface area (Å²) in [5, 5.41) is 28.7. The van der Waals surface area contributed by atoms with Crippen molar-refractivity contribution in [2.75, 3.05) is 11.9 Å². The van der Waals surface area contributed by atoms with Crippen LogP contribution in [0.4, 0.5) is 23.4 Å². The van der Waals surface area contributed by atoms with Crippen molar-refractivity contribution in [1.29, 1.82) is 0 Å². The molecule has 4 N–H and O–H groups in total. The van der Waals surface area contributed by atoms with Crippen molar-refractivity contribution in [3.05, 3.63) is 41.7 Å². The normalized spacial score (nSPS) is 20.7. The lowest BCUT2D eigenvalue weighted by Crippen LogP contribution is -2.16. The third kappa shape index (κ3) is 3.69. The SMILES string of the molecule is O=C(Nc1cn2cc(-c3c(C(F)(F)F)c(F)c(C(O)C4CC4)c4[nH]ncc34)ncc2n1)C1CC1CO. The highest BCUT2D eigenvalue weighted by Crippen LogP contribution is 2.49. The number of aliphatic hydroxyl groups is 2. The van der Waals surface area contributed by atoms with E-state index in [4.69, 9.17) is 5.11 Å². The molecule has 3 aromatic heterocycles. The maximum absolute atomic E-state index is 15.5. The minimum absolute atomic E-state index is 0.0155. The molecule has 2 aliphatic rings. The molecule has 36 heavy (non-hydrogen) atoms. The topological polar surface area (TPSA) is 128 Å². The Bertz CT molecular complexity index is 1510. The molecule has 6 rings (SSSR count). The average Bonchev–Trinajstić information content (AvgIpc) is 3.73. The molecule has 3 heterocycles. The molecule has 0 saturated heterocycles. The molecule has 0 aliphatic heterocycles. The van der Waals surface area contributed by atoms with Crippen LogP contribution in [0.25, 0.3) is 27.8 Å². The second-order valence-electron chi connectivity index (χ2n) is 9.35. The summed E-state index contributed by atoms with van der Waals surface area (Å²) in [7, 11) is 0. The van der Waals surface area contributed by atoms with Crippen LogP contribution in [0.5, 0.6) is 0 Å². The number of aliphatic hydroxyl groups excluding tert-OH is 2. The minimum Gasteiger partial charge on any atom is -0.396 e. The van der Waals surface area contributed by atoms with Crippen molar-refractivity contribution in [2.24, 2.45) is 17.8 Å². The number of nitrogens with one attached hydrogen (secondary N) is 2. The lowest BCUT2D eigenvalue weighted by atomic mass is 9.92. The zero-order valence-electron chi connectivity index (χ0n) is 18.6. The Morgan fingerprint density at radius 3 is 2.72 bits per heavy atom. The number of alkyl halides is 3. The predicted molar refractivity (Wildman–Crippen MR) is 118 cm³/mol. The van der Waals surface area contributed by atoms with Gasteiger partial charge in [0, 0.05) is 35.2 Å². The number of carbonyl (C=O) groups excluding carboxylic acids is 1. The largest absolute Gasteiger partial charge is 0.419 e. The Labute approximate surface area is 200 Å². The van der Waals surface area contributed by atoms with Gasteiger partial charge in [0.2, 0.25) is 5.91 Å². The molecule has 9 nitrogen and oxygen atoms in total. The predicted octanol–water partition coefficient (Wildman–Crippen LogP) is 3.44. The number of halogens is 4. The zero-order valence-corrected chi connectivity index (χ0v) is 18.6. The highest BCUT2D eigenvalue weighted by molar-refractivity contribution is 5.98. The van der Waals surface area contributed by atoms with Gasteiger partial charge in [0.25, 0.3) is 0 Å². The number of benzene rings is 1. The third-order valence-corrected chi connectivity index (χ3v) is 6.87. The van der Waals surface area contributed by atoms with E-state index in [-0.39, 0.29) is 58.3 Å². The monoisotopic (exact) mass is 504 g/mol. The summed E-state index contributed by atoms with van der Waals surface area (Å²) in [6, 6.07) is 0. The van der Waals surface area contributed by atoms with Crippen molar-refractivity contribution in [3.8, 4) is 11.3 Å². The van der Waals surface area contributed by atoms with Gasteiger partial charge >= 0.3 is 6.18 Å². The van der Waals surface area contributed by atoms with E-state index in [1.54, 1.807) is 0 Å². The molecule has 2 saturated carbocycles. The summed E-state index contributed by atoms with van der Waals surface area (Å²) in [6.45, 7) is -0.0897. The van der Waals surface area contributed by atoms with Crippen molar-refractivity contribution >= 4 is 28.3 Å². The van der Waals surface area contributed by atoms with E-state index in [0.29, 0.717) is 19.3 Å². The van der Waals surface area contributed by atoms with E-state index in [9.17, 15) is 23.1 Å². The summed E-state index contributed by atoms with van der Waals surface area (Å²) in [5.41, 5.74) is -2.45. The van der Waals surface area contributed by atoms with Crippen molar-refractivity contribution in [2.45, 2.75) is 31.5 Å². The number of fused-ring (bicyclic) bond motifs is 2. The molecule has 1 amide bonds. The van der Waals surface area contributed by atoms with Crippen LogP contribution < -0.4 is 5.32 Å². The van der Waals surface area contributed by atoms with E-state index in [2.05, 4.69) is 25.5 Å². The maximum atomic E-state index is 15.5. The van der Waals surface area contributed by atoms with Gasteiger partial charge < -0.3 is 19.9 Å². The number of amides is 1. The fourth-order valence-corrected chi connectivity index (χ4v) is 4.71. The van der Waals surface area contributed by atoms with Gasteiger partial charge in [-0.25, -0.2) is 9.37 Å². The van der Waals surface area contributed by atoms with Crippen LogP contribution in [0.3, 0.4) is 0 Å². The second-order valence-corrected chi connectivity index (χ2v) is 9.35. The quantitative estimate of drug-likeness (QED) is 0.298. The molecule has 3 unspecified atom stereocenters. The molecule has 2 fully saturated rings. The fraction of sp³-hybridized carbons (Fsp3) is 0.391. The van der Waals surface area contributed by atoms with Crippen LogP contribution in [0.15, 0.2) is 24.8 Å². The van der Waals surface area contributed by atoms with Gasteiger partial charge in [-0.05, 0) is 31.1 Å². The molecule has 13 heteroatoms. The van der Waals surface area contributed by atoms with E-state index >= 15 is 4.39 Å². The van der Waals surface area contributed by atoms with Gasteiger partial charge in [-0.3, -0.25) is 14.9 Å². The summed E-state index contributed by atoms with van der Waals surface area (Å²) >= 11 is 0. The first-order chi connectivity index (χ1) is 17.2. The summed E-state index contributed by atoms with van der Waals surface area (Å²) < 4.78 is 59.6. The zero-order chi connectivity index (χ0) is 25.4. The Morgan fingerprint density at radius 2 is 2.06 bits per heavy atom. The van der Waals surface area contributed by atoms with E-state index in [1.807, 2.05) is 0 Å². The molecule has 0 spiro atoms. The third-order valence-electron chi connectivity index (χ3n) is 6.87. The summed E-state index contributed by atoms with van der Waals surface area (Å²) in [5.74, 6) is -2.42. The van der Waals surface area contributed by atoms with Crippen LogP contribution in [-0.4, -0.2) is 47.3 Å². The van der Waals surface area contributed by atoms with Gasteiger partial charge in [-0.15, -0.1) is 0 Å². The van der Waals surface area contributed by atoms with Gasteiger partial charge in [0.1, 0.15) is 11.4 Å². The number of hydrogen-bond acceptors (Lipinski definition) is 6. The molecular formula is C23H20F4N6O3. The summed E-state index contributed by atoms with van der Waals surface area (Å²) in [6.07, 6.45) is 0.332. The number of H-pyrrole nitrogens is 1. The average molecular weight is 504 g/mol. The number of carbonyl (C=O) groups is 1. The molecular weight excluding hydrogens is 484 g/mol. The standard InChI is InChI=1S/C23H20F4N6O3/c24-19-17(21(35)9-1-2-9)20-12(4-29-32-20)16(18(19)23(25,26)27)13-6-33-7-14(30-15(33)5-28-13)31-22(36)11-3-10(11)8-34/h4-7,9-11,21,34-35H,1-3,8H2,(H,29,32)(H,31,36). The number of anilines is 1. The molecule has 2 aliphatic carbocycles. The lowest BCUT2D eigenvalue weighted by molar-refractivity contribution is -0.139. The van der Waals surface area contributed by atoms with Gasteiger partial charge in [0.05, 0.1) is 35.9 Å². The molecule has 1 aromatic carbocycles. The molecule has 4 aromatic rings. The van der Waals surface area contributed by atoms with Crippen LogP contribution in [0.2, 0.25) is 0 Å². The van der Waals surface area contributed by atoms with Gasteiger partial charge in [0.15, 0.2) is 11.5 Å². The number of aromatic nitrogens is 5. The Hall–Kier alpha value is -3.58. The van der Waals surface area contributed by atoms with Crippen LogP contribution in [0, 0.1) is 23.6 Å². The molecule has 188 valence electrons. The first-order valence-electron chi connectivity index (χ1n) is 11.4. The van der Waals surface area contributed by atoms with Gasteiger partial charge in [-0.2, -0.15) is 18.3 Å². The number of imidazole rings is 1. The van der Waals surface area contributed by atoms with Crippen molar-refractivity contribution < 1.29 is 32.6 Å². The Balaban J connectivity index is 1.46. The number of rotatable bonds is 6. The Kier molecular flexibility index (Phi) is 5.06. The number of nitrogens with zero attached hydrogens (tertiary/aromatic N) is 4.